The molecule has 4 rings (SSSR count). The highest BCUT2D eigenvalue weighted by Gasteiger charge is 2.14. The summed E-state index contributed by atoms with van der Waals surface area (Å²) in [6.45, 7) is 0. The Labute approximate surface area is 120 Å². The normalized spacial score (nSPS) is 11.1. The molecule has 0 saturated heterocycles. The highest BCUT2D eigenvalue weighted by atomic mass is 16.2. The molecule has 0 aromatic carbocycles. The van der Waals surface area contributed by atoms with Gasteiger partial charge in [-0.3, -0.25) is 14.9 Å². The van der Waals surface area contributed by atoms with Crippen molar-refractivity contribution in [3.05, 3.63) is 35.0 Å². The van der Waals surface area contributed by atoms with Crippen molar-refractivity contribution in [3.63, 3.8) is 0 Å². The molecule has 0 aliphatic heterocycles. The molecule has 0 fully saturated rings. The minimum atomic E-state index is -0.656. The molecule has 0 aliphatic carbocycles. The standard InChI is InChI=1S/C11H7N9O2/c21-9-5-7(16-3-14-5)17-8(18-9)10(22)20-11-12-1-4-6(19-11)15-2-13-4/h1-3H,(H2,14,16,17,18,21)(H2,12,13,15,19,20,22). The summed E-state index contributed by atoms with van der Waals surface area (Å²) in [7, 11) is 0. The second-order valence-electron chi connectivity index (χ2n) is 4.30. The average Bonchev–Trinajstić information content (AvgIpc) is 3.15. The van der Waals surface area contributed by atoms with E-state index in [2.05, 4.69) is 45.2 Å². The number of imidazole rings is 2. The van der Waals surface area contributed by atoms with E-state index in [1.54, 1.807) is 0 Å². The summed E-state index contributed by atoms with van der Waals surface area (Å²) in [5.41, 5.74) is 0.914. The van der Waals surface area contributed by atoms with Gasteiger partial charge in [-0.15, -0.1) is 0 Å². The number of nitrogens with zero attached hydrogens (tertiary/aromatic N) is 5. The third kappa shape index (κ3) is 1.88. The van der Waals surface area contributed by atoms with E-state index < -0.39 is 11.5 Å². The van der Waals surface area contributed by atoms with Crippen LogP contribution in [0.25, 0.3) is 22.3 Å². The van der Waals surface area contributed by atoms with Gasteiger partial charge < -0.3 is 15.0 Å². The van der Waals surface area contributed by atoms with Gasteiger partial charge in [0.25, 0.3) is 11.5 Å². The van der Waals surface area contributed by atoms with Crippen LogP contribution in [0.5, 0.6) is 0 Å². The number of nitrogens with one attached hydrogen (secondary N) is 4. The van der Waals surface area contributed by atoms with Crippen LogP contribution in [0.3, 0.4) is 0 Å². The van der Waals surface area contributed by atoms with Gasteiger partial charge in [0.15, 0.2) is 16.8 Å². The van der Waals surface area contributed by atoms with Crippen LogP contribution in [0.1, 0.15) is 10.6 Å². The molecule has 11 nitrogen and oxygen atoms in total. The van der Waals surface area contributed by atoms with Crippen LogP contribution >= 0.6 is 0 Å². The quantitative estimate of drug-likeness (QED) is 0.390. The van der Waals surface area contributed by atoms with Gasteiger partial charge in [-0.1, -0.05) is 0 Å². The number of hydrogen-bond donors (Lipinski definition) is 4. The van der Waals surface area contributed by atoms with Crippen LogP contribution in [-0.4, -0.2) is 45.8 Å². The fourth-order valence-corrected chi connectivity index (χ4v) is 1.91. The molecule has 0 saturated carbocycles. The third-order valence-corrected chi connectivity index (χ3v) is 2.91. The van der Waals surface area contributed by atoms with E-state index >= 15 is 0 Å². The summed E-state index contributed by atoms with van der Waals surface area (Å²) in [6.07, 6.45) is 4.27. The number of hydrogen-bond acceptors (Lipinski definition) is 7. The Kier molecular flexibility index (Phi) is 2.45. The Balaban J connectivity index is 1.69. The maximum Gasteiger partial charge on any atom is 0.293 e. The zero-order valence-electron chi connectivity index (χ0n) is 10.8. The van der Waals surface area contributed by atoms with Gasteiger partial charge in [0, 0.05) is 0 Å². The van der Waals surface area contributed by atoms with E-state index in [1.807, 2.05) is 0 Å². The number of H-pyrrole nitrogens is 3. The Hall–Kier alpha value is -3.63. The smallest absolute Gasteiger partial charge is 0.293 e. The Morgan fingerprint density at radius 3 is 2.77 bits per heavy atom. The number of anilines is 1. The van der Waals surface area contributed by atoms with Crippen molar-refractivity contribution in [2.75, 3.05) is 5.32 Å². The number of rotatable bonds is 2. The number of aromatic nitrogens is 8. The molecule has 22 heavy (non-hydrogen) atoms. The number of aromatic amines is 3. The fraction of sp³-hybridized carbons (Fsp3) is 0. The topological polar surface area (TPSA) is 158 Å². The summed E-state index contributed by atoms with van der Waals surface area (Å²) in [5.74, 6) is -0.790. The molecule has 4 N–H and O–H groups in total. The van der Waals surface area contributed by atoms with Crippen LogP contribution in [0.2, 0.25) is 0 Å². The van der Waals surface area contributed by atoms with Crippen LogP contribution in [-0.2, 0) is 0 Å². The molecule has 0 unspecified atom stereocenters. The van der Waals surface area contributed by atoms with Gasteiger partial charge in [-0.2, -0.15) is 4.98 Å². The van der Waals surface area contributed by atoms with E-state index in [1.165, 1.54) is 18.9 Å². The Morgan fingerprint density at radius 2 is 1.86 bits per heavy atom. The zero-order chi connectivity index (χ0) is 15.1. The second-order valence-corrected chi connectivity index (χ2v) is 4.30. The number of carbonyl (C=O) groups is 1. The van der Waals surface area contributed by atoms with E-state index in [0.29, 0.717) is 11.2 Å². The minimum Gasteiger partial charge on any atom is -0.342 e. The molecule has 0 aliphatic rings. The van der Waals surface area contributed by atoms with Crippen molar-refractivity contribution in [1.29, 1.82) is 0 Å². The lowest BCUT2D eigenvalue weighted by Crippen LogP contribution is -2.22. The molecule has 0 atom stereocenters. The summed E-state index contributed by atoms with van der Waals surface area (Å²) in [6, 6.07) is 0. The fourth-order valence-electron chi connectivity index (χ4n) is 1.91. The molecule has 0 radical (unpaired) electrons. The van der Waals surface area contributed by atoms with Crippen molar-refractivity contribution in [1.82, 2.24) is 39.9 Å². The minimum absolute atomic E-state index is 0.0503. The van der Waals surface area contributed by atoms with Gasteiger partial charge in [-0.25, -0.2) is 19.9 Å². The average molecular weight is 297 g/mol. The predicted molar refractivity (Wildman–Crippen MR) is 74.1 cm³/mol. The van der Waals surface area contributed by atoms with Gasteiger partial charge in [0.1, 0.15) is 5.52 Å². The van der Waals surface area contributed by atoms with Crippen molar-refractivity contribution in [2.45, 2.75) is 0 Å². The zero-order valence-corrected chi connectivity index (χ0v) is 10.8. The maximum absolute atomic E-state index is 12.1. The lowest BCUT2D eigenvalue weighted by atomic mass is 10.4. The third-order valence-electron chi connectivity index (χ3n) is 2.91. The predicted octanol–water partition coefficient (Wildman–Crippen LogP) is -0.435. The number of carbonyl (C=O) groups excluding carboxylic acids is 1. The maximum atomic E-state index is 12.1. The van der Waals surface area contributed by atoms with Crippen LogP contribution in [0.4, 0.5) is 5.95 Å². The Bertz CT molecular complexity index is 1060. The van der Waals surface area contributed by atoms with Crippen LogP contribution in [0.15, 0.2) is 23.6 Å². The van der Waals surface area contributed by atoms with Gasteiger partial charge >= 0.3 is 0 Å². The van der Waals surface area contributed by atoms with Crippen molar-refractivity contribution in [2.24, 2.45) is 0 Å². The van der Waals surface area contributed by atoms with Gasteiger partial charge in [0.2, 0.25) is 11.8 Å². The van der Waals surface area contributed by atoms with E-state index in [-0.39, 0.29) is 22.9 Å². The second kappa shape index (κ2) is 4.44. The summed E-state index contributed by atoms with van der Waals surface area (Å²) < 4.78 is 0. The largest absolute Gasteiger partial charge is 0.342 e. The number of amides is 1. The molecule has 1 amide bonds. The first kappa shape index (κ1) is 12.1. The molecule has 4 heterocycles. The summed E-state index contributed by atoms with van der Waals surface area (Å²) in [4.78, 5) is 51.5. The molecular formula is C11H7N9O2. The SMILES string of the molecule is O=C(Nc1ncc2[nH]cnc2n1)c1nc2nc[nH]c2c(=O)[nH]1. The molecule has 11 heteroatoms. The lowest BCUT2D eigenvalue weighted by Gasteiger charge is -2.02. The molecule has 4 aromatic rings. The first-order valence-corrected chi connectivity index (χ1v) is 6.11. The lowest BCUT2D eigenvalue weighted by molar-refractivity contribution is 0.101. The summed E-state index contributed by atoms with van der Waals surface area (Å²) in [5, 5.41) is 2.44. The number of fused-ring (bicyclic) bond motifs is 2. The van der Waals surface area contributed by atoms with Gasteiger partial charge in [0.05, 0.1) is 18.9 Å². The molecule has 0 spiro atoms. The van der Waals surface area contributed by atoms with E-state index in [9.17, 15) is 9.59 Å². The monoisotopic (exact) mass is 297 g/mol. The Morgan fingerprint density at radius 1 is 1.05 bits per heavy atom. The molecule has 0 bridgehead atoms. The molecule has 4 aromatic heterocycles. The first-order valence-electron chi connectivity index (χ1n) is 6.11. The van der Waals surface area contributed by atoms with Crippen molar-refractivity contribution >= 4 is 34.2 Å². The van der Waals surface area contributed by atoms with Crippen LogP contribution in [0, 0.1) is 0 Å². The van der Waals surface area contributed by atoms with Crippen molar-refractivity contribution < 1.29 is 4.79 Å². The van der Waals surface area contributed by atoms with Gasteiger partial charge in [-0.05, 0) is 0 Å². The summed E-state index contributed by atoms with van der Waals surface area (Å²) >= 11 is 0. The molecular weight excluding hydrogens is 290 g/mol. The van der Waals surface area contributed by atoms with E-state index in [0.717, 1.165) is 0 Å². The first-order chi connectivity index (χ1) is 10.7. The highest BCUT2D eigenvalue weighted by Crippen LogP contribution is 2.08. The van der Waals surface area contributed by atoms with E-state index in [4.69, 9.17) is 0 Å². The highest BCUT2D eigenvalue weighted by molar-refractivity contribution is 6.01. The molecule has 108 valence electrons. The van der Waals surface area contributed by atoms with Crippen molar-refractivity contribution in [3.8, 4) is 0 Å². The van der Waals surface area contributed by atoms with Crippen LogP contribution < -0.4 is 10.9 Å².